The summed E-state index contributed by atoms with van der Waals surface area (Å²) in [6.45, 7) is 12.7. The maximum Gasteiger partial charge on any atom is 0.313 e. The lowest BCUT2D eigenvalue weighted by molar-refractivity contribution is -0.162. The van der Waals surface area contributed by atoms with Crippen LogP contribution >= 0.6 is 0 Å². The summed E-state index contributed by atoms with van der Waals surface area (Å²) in [5.41, 5.74) is -0.407. The molecule has 7 atom stereocenters. The van der Waals surface area contributed by atoms with E-state index >= 15 is 0 Å². The molecule has 10 nitrogen and oxygen atoms in total. The Kier molecular flexibility index (Phi) is 13.2. The third-order valence-corrected chi connectivity index (χ3v) is 9.85. The minimum absolute atomic E-state index is 0.0574. The van der Waals surface area contributed by atoms with Crippen LogP contribution in [0.2, 0.25) is 0 Å². The molecule has 2 N–H and O–H groups in total. The molecule has 0 aromatic heterocycles. The van der Waals surface area contributed by atoms with Gasteiger partial charge in [-0.15, -0.1) is 13.2 Å². The monoisotopic (exact) mass is 651 g/mol. The van der Waals surface area contributed by atoms with Gasteiger partial charge in [-0.2, -0.15) is 0 Å². The number of hydrogen-bond donors (Lipinski definition) is 2. The minimum atomic E-state index is -1.13. The van der Waals surface area contributed by atoms with E-state index in [9.17, 15) is 24.3 Å². The number of nitrogens with zero attached hydrogens (tertiary/aromatic N) is 2. The zero-order chi connectivity index (χ0) is 34.0. The van der Waals surface area contributed by atoms with E-state index in [4.69, 9.17) is 9.47 Å². The molecule has 0 saturated carbocycles. The number of esters is 1. The first-order valence-electron chi connectivity index (χ1n) is 17.4. The molecule has 3 heterocycles. The summed E-state index contributed by atoms with van der Waals surface area (Å²) in [6, 6.07) is 7.85. The van der Waals surface area contributed by atoms with Crippen LogP contribution in [-0.4, -0.2) is 88.6 Å². The normalized spacial score (nSPS) is 25.6. The van der Waals surface area contributed by atoms with E-state index in [0.717, 1.165) is 24.8 Å². The van der Waals surface area contributed by atoms with Crippen molar-refractivity contribution >= 4 is 23.7 Å². The number of unbranched alkanes of at least 4 members (excludes halogenated alkanes) is 4. The number of rotatable bonds is 20. The molecule has 0 unspecified atom stereocenters. The number of aliphatic hydroxyl groups is 1. The van der Waals surface area contributed by atoms with E-state index in [1.165, 1.54) is 0 Å². The summed E-state index contributed by atoms with van der Waals surface area (Å²) in [4.78, 5) is 59.0. The average molecular weight is 652 g/mol. The van der Waals surface area contributed by atoms with Gasteiger partial charge in [0.1, 0.15) is 17.7 Å². The van der Waals surface area contributed by atoms with Gasteiger partial charge < -0.3 is 29.7 Å². The number of fused-ring (bicyclic) bond motifs is 1. The van der Waals surface area contributed by atoms with Crippen LogP contribution in [0, 0.1) is 11.8 Å². The van der Waals surface area contributed by atoms with Crippen molar-refractivity contribution in [2.45, 2.75) is 108 Å². The fourth-order valence-corrected chi connectivity index (χ4v) is 7.62. The summed E-state index contributed by atoms with van der Waals surface area (Å²) in [7, 11) is 0. The molecule has 4 rings (SSSR count). The predicted octanol–water partition coefficient (Wildman–Crippen LogP) is 4.48. The number of benzene rings is 1. The van der Waals surface area contributed by atoms with Crippen molar-refractivity contribution in [3.05, 3.63) is 61.2 Å². The maximum atomic E-state index is 14.4. The van der Waals surface area contributed by atoms with Gasteiger partial charge in [0.2, 0.25) is 17.7 Å². The summed E-state index contributed by atoms with van der Waals surface area (Å²) in [6.07, 6.45) is 8.62. The van der Waals surface area contributed by atoms with Crippen LogP contribution < -0.4 is 5.32 Å². The molecule has 47 heavy (non-hydrogen) atoms. The van der Waals surface area contributed by atoms with Gasteiger partial charge in [-0.25, -0.2) is 0 Å². The van der Waals surface area contributed by atoms with Crippen LogP contribution in [0.25, 0.3) is 0 Å². The van der Waals surface area contributed by atoms with E-state index in [1.807, 2.05) is 30.3 Å². The molecule has 1 aromatic rings. The number of carbonyl (C=O) groups is 4. The van der Waals surface area contributed by atoms with Crippen LogP contribution in [0.1, 0.15) is 89.7 Å². The second-order valence-electron chi connectivity index (χ2n) is 13.1. The average Bonchev–Trinajstić information content (AvgIpc) is 3.71. The Morgan fingerprint density at radius 3 is 2.60 bits per heavy atom. The molecule has 3 amide bonds. The van der Waals surface area contributed by atoms with Gasteiger partial charge in [-0.05, 0) is 57.4 Å². The number of carbonyl (C=O) groups excluding carboxylic acids is 4. The highest BCUT2D eigenvalue weighted by atomic mass is 16.6. The van der Waals surface area contributed by atoms with Crippen molar-refractivity contribution < 1.29 is 33.8 Å². The molecule has 3 fully saturated rings. The molecule has 258 valence electrons. The summed E-state index contributed by atoms with van der Waals surface area (Å²) >= 11 is 0. The molecule has 0 aliphatic carbocycles. The van der Waals surface area contributed by atoms with E-state index in [0.29, 0.717) is 58.2 Å². The molecule has 3 aliphatic heterocycles. The Labute approximate surface area is 279 Å². The van der Waals surface area contributed by atoms with Crippen LogP contribution in [0.3, 0.4) is 0 Å². The number of ether oxygens (including phenoxy) is 2. The minimum Gasteiger partial charge on any atom is -0.455 e. The smallest absolute Gasteiger partial charge is 0.313 e. The van der Waals surface area contributed by atoms with Gasteiger partial charge >= 0.3 is 5.97 Å². The molecule has 1 aromatic carbocycles. The standard InChI is InChI=1S/C37H53N3O7/c1-5-8-14-23-39(22-7-3)35(44)33-37-21-20-28(47-37)30(31(37)34(43)40(33)24-15-11-16-25-41)36(45)46-32(27-17-12-10-13-18-27)26(4)38-29(42)19-9-6-2/h6-7,10,12-13,17-18,26,28,30-33,41H,2-3,5,8-9,11,14-16,19-25H2,1,4H3,(H,38,42)/t26-,28-,30+,31+,32-,33-,37+/m1/s1. The Bertz CT molecular complexity index is 1260. The summed E-state index contributed by atoms with van der Waals surface area (Å²) in [5.74, 6) is -2.90. The largest absolute Gasteiger partial charge is 0.455 e. The number of hydrogen-bond acceptors (Lipinski definition) is 7. The zero-order valence-corrected chi connectivity index (χ0v) is 28.1. The molecule has 1 spiro atoms. The molecular weight excluding hydrogens is 598 g/mol. The van der Waals surface area contributed by atoms with Gasteiger partial charge in [-0.1, -0.05) is 62.2 Å². The lowest BCUT2D eigenvalue weighted by Crippen LogP contribution is -2.56. The summed E-state index contributed by atoms with van der Waals surface area (Å²) < 4.78 is 12.9. The van der Waals surface area contributed by atoms with Crippen molar-refractivity contribution in [1.82, 2.24) is 15.1 Å². The number of nitrogens with one attached hydrogen (secondary N) is 1. The zero-order valence-electron chi connectivity index (χ0n) is 28.1. The topological polar surface area (TPSA) is 125 Å². The summed E-state index contributed by atoms with van der Waals surface area (Å²) in [5, 5.41) is 12.3. The Morgan fingerprint density at radius 2 is 1.91 bits per heavy atom. The first-order valence-corrected chi connectivity index (χ1v) is 17.4. The molecule has 2 bridgehead atoms. The van der Waals surface area contributed by atoms with Gasteiger partial charge in [0.25, 0.3) is 0 Å². The first-order chi connectivity index (χ1) is 22.7. The maximum absolute atomic E-state index is 14.4. The van der Waals surface area contributed by atoms with Crippen LogP contribution in [0.15, 0.2) is 55.6 Å². The fourth-order valence-electron chi connectivity index (χ4n) is 7.62. The fraction of sp³-hybridized carbons (Fsp3) is 0.622. The molecule has 3 aliphatic rings. The second-order valence-corrected chi connectivity index (χ2v) is 13.1. The van der Waals surface area contributed by atoms with Crippen molar-refractivity contribution in [3.8, 4) is 0 Å². The quantitative estimate of drug-likeness (QED) is 0.121. The van der Waals surface area contributed by atoms with Crippen molar-refractivity contribution in [2.75, 3.05) is 26.2 Å². The van der Waals surface area contributed by atoms with E-state index in [2.05, 4.69) is 25.4 Å². The molecule has 10 heteroatoms. The predicted molar refractivity (Wildman–Crippen MR) is 179 cm³/mol. The lowest BCUT2D eigenvalue weighted by atomic mass is 9.70. The van der Waals surface area contributed by atoms with Crippen LogP contribution in [-0.2, 0) is 28.7 Å². The second kappa shape index (κ2) is 17.1. The highest BCUT2D eigenvalue weighted by Gasteiger charge is 2.75. The van der Waals surface area contributed by atoms with E-state index in [-0.39, 0.29) is 30.7 Å². The van der Waals surface area contributed by atoms with Crippen LogP contribution in [0.4, 0.5) is 0 Å². The number of aliphatic hydroxyl groups excluding tert-OH is 1. The van der Waals surface area contributed by atoms with Crippen molar-refractivity contribution in [3.63, 3.8) is 0 Å². The Balaban J connectivity index is 1.63. The third kappa shape index (κ3) is 7.97. The molecule has 3 saturated heterocycles. The van der Waals surface area contributed by atoms with Crippen LogP contribution in [0.5, 0.6) is 0 Å². The van der Waals surface area contributed by atoms with Gasteiger partial charge in [-0.3, -0.25) is 19.2 Å². The highest BCUT2D eigenvalue weighted by Crippen LogP contribution is 2.59. The SMILES string of the molecule is C=CCCC(=O)N[C@H](C)[C@@H](OC(=O)[C@@H]1[C@H]2C(=O)N(CCCCCO)[C@H](C(=O)N(CC=C)CCCCC)[C@]23CC[C@H]1O3)c1ccccc1. The first kappa shape index (κ1) is 36.3. The lowest BCUT2D eigenvalue weighted by Gasteiger charge is -2.37. The molecule has 0 radical (unpaired) electrons. The third-order valence-electron chi connectivity index (χ3n) is 9.85. The number of allylic oxidation sites excluding steroid dienone is 1. The van der Waals surface area contributed by atoms with Gasteiger partial charge in [0.05, 0.1) is 24.0 Å². The Morgan fingerprint density at radius 1 is 1.15 bits per heavy atom. The van der Waals surface area contributed by atoms with Gasteiger partial charge in [0, 0.05) is 32.7 Å². The van der Waals surface area contributed by atoms with Crippen molar-refractivity contribution in [1.29, 1.82) is 0 Å². The highest BCUT2D eigenvalue weighted by molar-refractivity contribution is 5.98. The Hall–Kier alpha value is -3.50. The van der Waals surface area contributed by atoms with Gasteiger partial charge in [0.15, 0.2) is 0 Å². The molecular formula is C37H53N3O7. The van der Waals surface area contributed by atoms with E-state index in [1.54, 1.807) is 28.9 Å². The number of likely N-dealkylation sites (tertiary alicyclic amines) is 1. The van der Waals surface area contributed by atoms with Crippen molar-refractivity contribution in [2.24, 2.45) is 11.8 Å². The number of amides is 3. The van der Waals surface area contributed by atoms with E-state index < -0.39 is 47.7 Å².